The Morgan fingerprint density at radius 1 is 1.10 bits per heavy atom. The van der Waals surface area contributed by atoms with Crippen molar-refractivity contribution in [2.45, 2.75) is 19.8 Å². The minimum atomic E-state index is -3.69. The highest BCUT2D eigenvalue weighted by molar-refractivity contribution is 7.92. The molecule has 0 radical (unpaired) electrons. The summed E-state index contributed by atoms with van der Waals surface area (Å²) in [5.74, 6) is 0.458. The molecule has 1 N–H and O–H groups in total. The van der Waals surface area contributed by atoms with Crippen LogP contribution in [0.1, 0.15) is 17.5 Å². The maximum absolute atomic E-state index is 12.4. The van der Waals surface area contributed by atoms with Gasteiger partial charge >= 0.3 is 0 Å². The first-order valence-corrected chi connectivity index (χ1v) is 11.1. The number of nitrogens with one attached hydrogen (secondary N) is 1. The van der Waals surface area contributed by atoms with Gasteiger partial charge in [0.05, 0.1) is 26.2 Å². The largest absolute Gasteiger partial charge is 0.497 e. The van der Waals surface area contributed by atoms with Gasteiger partial charge in [-0.15, -0.1) is 0 Å². The van der Waals surface area contributed by atoms with Crippen molar-refractivity contribution in [3.8, 4) is 11.5 Å². The summed E-state index contributed by atoms with van der Waals surface area (Å²) in [7, 11) is -0.750. The number of sulfonamides is 1. The summed E-state index contributed by atoms with van der Waals surface area (Å²) in [4.78, 5) is 12.4. The number of anilines is 1. The molecular weight excluding hydrogens is 392 g/mol. The second-order valence-corrected chi connectivity index (χ2v) is 8.66. The van der Waals surface area contributed by atoms with Crippen LogP contribution in [0.2, 0.25) is 0 Å². The van der Waals surface area contributed by atoms with Crippen molar-refractivity contribution < 1.29 is 22.7 Å². The Bertz CT molecular complexity index is 944. The topological polar surface area (TPSA) is 84.9 Å². The fourth-order valence-electron chi connectivity index (χ4n) is 2.95. The van der Waals surface area contributed by atoms with E-state index in [1.54, 1.807) is 18.2 Å². The minimum Gasteiger partial charge on any atom is -0.497 e. The van der Waals surface area contributed by atoms with Crippen molar-refractivity contribution in [1.82, 2.24) is 5.32 Å². The van der Waals surface area contributed by atoms with Gasteiger partial charge in [-0.25, -0.2) is 8.42 Å². The Labute approximate surface area is 172 Å². The van der Waals surface area contributed by atoms with Crippen LogP contribution in [0.5, 0.6) is 11.5 Å². The van der Waals surface area contributed by atoms with Crippen LogP contribution in [0, 0.1) is 6.92 Å². The third kappa shape index (κ3) is 6.67. The monoisotopic (exact) mass is 420 g/mol. The summed E-state index contributed by atoms with van der Waals surface area (Å²) in [6.07, 6.45) is 2.66. The summed E-state index contributed by atoms with van der Waals surface area (Å²) >= 11 is 0. The average molecular weight is 421 g/mol. The van der Waals surface area contributed by atoms with E-state index in [-0.39, 0.29) is 18.1 Å². The van der Waals surface area contributed by atoms with E-state index in [0.29, 0.717) is 18.0 Å². The summed E-state index contributed by atoms with van der Waals surface area (Å²) in [6, 6.07) is 13.0. The van der Waals surface area contributed by atoms with Crippen LogP contribution < -0.4 is 19.1 Å². The summed E-state index contributed by atoms with van der Waals surface area (Å²) in [5.41, 5.74) is 2.69. The highest BCUT2D eigenvalue weighted by Crippen LogP contribution is 2.33. The van der Waals surface area contributed by atoms with Gasteiger partial charge in [0.25, 0.3) is 0 Å². The fourth-order valence-corrected chi connectivity index (χ4v) is 3.81. The molecule has 0 bridgehead atoms. The molecular formula is C21H28N2O5S. The molecule has 0 aliphatic carbocycles. The maximum Gasteiger partial charge on any atom is 0.240 e. The van der Waals surface area contributed by atoms with E-state index in [1.165, 1.54) is 25.3 Å². The lowest BCUT2D eigenvalue weighted by Crippen LogP contribution is -2.40. The zero-order valence-electron chi connectivity index (χ0n) is 17.3. The van der Waals surface area contributed by atoms with Crippen molar-refractivity contribution in [3.05, 3.63) is 53.6 Å². The molecule has 0 aliphatic rings. The first-order valence-electron chi connectivity index (χ1n) is 9.26. The van der Waals surface area contributed by atoms with E-state index in [2.05, 4.69) is 17.4 Å². The first kappa shape index (κ1) is 22.5. The number of aryl methyl sites for hydroxylation is 2. The van der Waals surface area contributed by atoms with E-state index in [4.69, 9.17) is 9.47 Å². The van der Waals surface area contributed by atoms with Gasteiger partial charge in [-0.2, -0.15) is 0 Å². The highest BCUT2D eigenvalue weighted by Gasteiger charge is 2.24. The van der Waals surface area contributed by atoms with Crippen LogP contribution in [0.15, 0.2) is 42.5 Å². The molecule has 158 valence electrons. The van der Waals surface area contributed by atoms with Crippen LogP contribution in [-0.4, -0.2) is 47.9 Å². The van der Waals surface area contributed by atoms with E-state index in [0.717, 1.165) is 23.4 Å². The number of hydrogen-bond donors (Lipinski definition) is 1. The molecule has 7 nitrogen and oxygen atoms in total. The van der Waals surface area contributed by atoms with E-state index in [1.807, 2.05) is 19.1 Å². The van der Waals surface area contributed by atoms with Gasteiger partial charge < -0.3 is 14.8 Å². The Kier molecular flexibility index (Phi) is 7.90. The Hall–Kier alpha value is -2.74. The lowest BCUT2D eigenvalue weighted by molar-refractivity contribution is -0.119. The third-order valence-corrected chi connectivity index (χ3v) is 5.52. The molecule has 2 aromatic carbocycles. The molecule has 0 saturated heterocycles. The average Bonchev–Trinajstić information content (AvgIpc) is 2.68. The first-order chi connectivity index (χ1) is 13.7. The second kappa shape index (κ2) is 10.2. The van der Waals surface area contributed by atoms with E-state index in [9.17, 15) is 13.2 Å². The van der Waals surface area contributed by atoms with Crippen molar-refractivity contribution >= 4 is 21.6 Å². The Morgan fingerprint density at radius 2 is 1.86 bits per heavy atom. The summed E-state index contributed by atoms with van der Waals surface area (Å²) in [6.45, 7) is 2.18. The zero-order valence-corrected chi connectivity index (χ0v) is 18.1. The number of methoxy groups -OCH3 is 2. The number of rotatable bonds is 10. The third-order valence-electron chi connectivity index (χ3n) is 4.39. The lowest BCUT2D eigenvalue weighted by Gasteiger charge is -2.24. The number of hydrogen-bond acceptors (Lipinski definition) is 5. The predicted molar refractivity (Wildman–Crippen MR) is 114 cm³/mol. The Balaban J connectivity index is 2.01. The molecule has 0 aromatic heterocycles. The van der Waals surface area contributed by atoms with Gasteiger partial charge in [0.2, 0.25) is 15.9 Å². The molecule has 2 rings (SSSR count). The quantitative estimate of drug-likeness (QED) is 0.597. The number of amides is 1. The standard InChI is InChI=1S/C21H28N2O5S/c1-16-7-5-8-17(13-16)9-6-12-22-21(24)15-23(29(4,25)26)19-11-10-18(27-2)14-20(19)28-3/h5,7-8,10-11,13-14H,6,9,12,15H2,1-4H3,(H,22,24). The van der Waals surface area contributed by atoms with E-state index >= 15 is 0 Å². The van der Waals surface area contributed by atoms with Crippen LogP contribution in [0.4, 0.5) is 5.69 Å². The molecule has 8 heteroatoms. The highest BCUT2D eigenvalue weighted by atomic mass is 32.2. The molecule has 0 unspecified atom stereocenters. The molecule has 2 aromatic rings. The number of benzene rings is 2. The van der Waals surface area contributed by atoms with Gasteiger partial charge in [-0.05, 0) is 37.5 Å². The van der Waals surface area contributed by atoms with Gasteiger partial charge in [0.1, 0.15) is 18.0 Å². The van der Waals surface area contributed by atoms with Crippen LogP contribution in [-0.2, 0) is 21.2 Å². The van der Waals surface area contributed by atoms with Crippen molar-refractivity contribution in [1.29, 1.82) is 0 Å². The van der Waals surface area contributed by atoms with Crippen LogP contribution in [0.25, 0.3) is 0 Å². The second-order valence-electron chi connectivity index (χ2n) is 6.75. The number of carbonyl (C=O) groups is 1. The fraction of sp³-hybridized carbons (Fsp3) is 0.381. The molecule has 1 amide bonds. The maximum atomic E-state index is 12.4. The van der Waals surface area contributed by atoms with Crippen molar-refractivity contribution in [2.24, 2.45) is 0 Å². The zero-order chi connectivity index (χ0) is 21.4. The summed E-state index contributed by atoms with van der Waals surface area (Å²) < 4.78 is 36.0. The molecule has 0 fully saturated rings. The van der Waals surface area contributed by atoms with Crippen LogP contribution in [0.3, 0.4) is 0 Å². The number of ether oxygens (including phenoxy) is 2. The molecule has 0 saturated carbocycles. The van der Waals surface area contributed by atoms with E-state index < -0.39 is 10.0 Å². The Morgan fingerprint density at radius 3 is 2.48 bits per heavy atom. The SMILES string of the molecule is COc1ccc(N(CC(=O)NCCCc2cccc(C)c2)S(C)(=O)=O)c(OC)c1. The molecule has 0 spiro atoms. The van der Waals surface area contributed by atoms with Gasteiger partial charge in [0.15, 0.2) is 0 Å². The lowest BCUT2D eigenvalue weighted by atomic mass is 10.1. The molecule has 0 atom stereocenters. The molecule has 0 heterocycles. The number of carbonyl (C=O) groups excluding carboxylic acids is 1. The predicted octanol–water partition coefficient (Wildman–Crippen LogP) is 2.53. The van der Waals surface area contributed by atoms with Crippen molar-refractivity contribution in [2.75, 3.05) is 37.9 Å². The smallest absolute Gasteiger partial charge is 0.240 e. The van der Waals surface area contributed by atoms with Gasteiger partial charge in [0, 0.05) is 12.6 Å². The minimum absolute atomic E-state index is 0.283. The van der Waals surface area contributed by atoms with Gasteiger partial charge in [-0.3, -0.25) is 9.10 Å². The van der Waals surface area contributed by atoms with Crippen molar-refractivity contribution in [3.63, 3.8) is 0 Å². The molecule has 0 aliphatic heterocycles. The van der Waals surface area contributed by atoms with Crippen LogP contribution >= 0.6 is 0 Å². The normalized spacial score (nSPS) is 11.0. The number of nitrogens with zero attached hydrogens (tertiary/aromatic N) is 1. The molecule has 29 heavy (non-hydrogen) atoms. The summed E-state index contributed by atoms with van der Waals surface area (Å²) in [5, 5.41) is 2.79. The van der Waals surface area contributed by atoms with Gasteiger partial charge in [-0.1, -0.05) is 29.8 Å².